The molecule has 26 heavy (non-hydrogen) atoms. The molecule has 0 aromatic heterocycles. The smallest absolute Gasteiger partial charge is 0.337 e. The van der Waals surface area contributed by atoms with Crippen LogP contribution in [0.2, 0.25) is 5.02 Å². The summed E-state index contributed by atoms with van der Waals surface area (Å²) in [6, 6.07) is 10.0. The van der Waals surface area contributed by atoms with Gasteiger partial charge < -0.3 is 14.8 Å². The Morgan fingerprint density at radius 1 is 1.12 bits per heavy atom. The lowest BCUT2D eigenvalue weighted by Crippen LogP contribution is -2.22. The van der Waals surface area contributed by atoms with E-state index < -0.39 is 30.3 Å². The summed E-state index contributed by atoms with van der Waals surface area (Å²) in [5, 5.41) is 2.61. The topological polar surface area (TPSA) is 81.7 Å². The van der Waals surface area contributed by atoms with Crippen molar-refractivity contribution in [3.63, 3.8) is 0 Å². The highest BCUT2D eigenvalue weighted by molar-refractivity contribution is 6.31. The number of amides is 1. The van der Waals surface area contributed by atoms with E-state index in [1.165, 1.54) is 49.6 Å². The Kier molecular flexibility index (Phi) is 6.68. The Morgan fingerprint density at radius 3 is 2.42 bits per heavy atom. The number of halogens is 2. The van der Waals surface area contributed by atoms with Crippen molar-refractivity contribution in [2.75, 3.05) is 19.0 Å². The first-order valence-corrected chi connectivity index (χ1v) is 7.85. The summed E-state index contributed by atoms with van der Waals surface area (Å²) in [6.45, 7) is -0.538. The summed E-state index contributed by atoms with van der Waals surface area (Å²) in [6.07, 6.45) is -0.382. The molecule has 0 aliphatic heterocycles. The van der Waals surface area contributed by atoms with Crippen LogP contribution >= 0.6 is 11.6 Å². The van der Waals surface area contributed by atoms with E-state index in [1.54, 1.807) is 0 Å². The number of nitrogens with one attached hydrogen (secondary N) is 1. The van der Waals surface area contributed by atoms with Gasteiger partial charge in [-0.3, -0.25) is 9.59 Å². The second kappa shape index (κ2) is 8.96. The predicted molar refractivity (Wildman–Crippen MR) is 92.5 cm³/mol. The molecule has 0 aliphatic carbocycles. The lowest BCUT2D eigenvalue weighted by atomic mass is 10.1. The first-order valence-electron chi connectivity index (χ1n) is 7.47. The van der Waals surface area contributed by atoms with Crippen molar-refractivity contribution in [1.82, 2.24) is 0 Å². The summed E-state index contributed by atoms with van der Waals surface area (Å²) in [7, 11) is 1.26. The molecule has 2 aromatic carbocycles. The van der Waals surface area contributed by atoms with Crippen molar-refractivity contribution in [3.8, 4) is 0 Å². The van der Waals surface area contributed by atoms with E-state index in [2.05, 4.69) is 10.1 Å². The van der Waals surface area contributed by atoms with Crippen LogP contribution in [0.25, 0.3) is 0 Å². The van der Waals surface area contributed by atoms with Gasteiger partial charge >= 0.3 is 11.9 Å². The van der Waals surface area contributed by atoms with Gasteiger partial charge in [0, 0.05) is 16.3 Å². The van der Waals surface area contributed by atoms with E-state index in [1.807, 2.05) is 0 Å². The van der Waals surface area contributed by atoms with Gasteiger partial charge in [0.15, 0.2) is 6.61 Å². The van der Waals surface area contributed by atoms with E-state index >= 15 is 0 Å². The number of hydrogen-bond donors (Lipinski definition) is 1. The lowest BCUT2D eigenvalue weighted by molar-refractivity contribution is -0.146. The van der Waals surface area contributed by atoms with Crippen molar-refractivity contribution in [3.05, 3.63) is 64.4 Å². The molecule has 0 saturated heterocycles. The molecule has 136 valence electrons. The summed E-state index contributed by atoms with van der Waals surface area (Å²) in [4.78, 5) is 34.9. The molecule has 0 saturated carbocycles. The minimum absolute atomic E-state index is 0.0120. The maximum absolute atomic E-state index is 13.6. The fourth-order valence-electron chi connectivity index (χ4n) is 2.05. The van der Waals surface area contributed by atoms with Crippen molar-refractivity contribution in [2.45, 2.75) is 6.42 Å². The van der Waals surface area contributed by atoms with Gasteiger partial charge in [0.05, 0.1) is 19.1 Å². The number of benzene rings is 2. The van der Waals surface area contributed by atoms with Crippen molar-refractivity contribution in [1.29, 1.82) is 0 Å². The molecular formula is C18H15ClFNO5. The molecule has 0 unspecified atom stereocenters. The van der Waals surface area contributed by atoms with E-state index in [4.69, 9.17) is 16.3 Å². The summed E-state index contributed by atoms with van der Waals surface area (Å²) in [5.41, 5.74) is 0.757. The van der Waals surface area contributed by atoms with Crippen LogP contribution in [-0.2, 0) is 25.5 Å². The molecule has 0 aliphatic rings. The zero-order valence-corrected chi connectivity index (χ0v) is 14.5. The summed E-state index contributed by atoms with van der Waals surface area (Å²) >= 11 is 5.83. The second-order valence-electron chi connectivity index (χ2n) is 5.15. The van der Waals surface area contributed by atoms with Crippen LogP contribution in [0, 0.1) is 5.82 Å². The second-order valence-corrected chi connectivity index (χ2v) is 5.56. The van der Waals surface area contributed by atoms with Gasteiger partial charge in [-0.2, -0.15) is 0 Å². The fourth-order valence-corrected chi connectivity index (χ4v) is 2.28. The standard InChI is InChI=1S/C18H15ClFNO5/c1-25-18(24)11-5-7-12(8-6-11)21-16(22)10-26-17(23)9-13-14(19)3-2-4-15(13)20/h2-8H,9-10H2,1H3,(H,21,22). The maximum Gasteiger partial charge on any atom is 0.337 e. The molecule has 0 bridgehead atoms. The van der Waals surface area contributed by atoms with E-state index in [-0.39, 0.29) is 17.0 Å². The molecule has 2 rings (SSSR count). The Balaban J connectivity index is 1.84. The maximum atomic E-state index is 13.6. The molecule has 2 aromatic rings. The van der Waals surface area contributed by atoms with Crippen LogP contribution in [0.1, 0.15) is 15.9 Å². The van der Waals surface area contributed by atoms with Gasteiger partial charge in [0.2, 0.25) is 0 Å². The van der Waals surface area contributed by atoms with E-state index in [0.717, 1.165) is 0 Å². The highest BCUT2D eigenvalue weighted by Crippen LogP contribution is 2.19. The minimum atomic E-state index is -0.784. The van der Waals surface area contributed by atoms with Crippen LogP contribution in [0.4, 0.5) is 10.1 Å². The Morgan fingerprint density at radius 2 is 1.81 bits per heavy atom. The van der Waals surface area contributed by atoms with E-state index in [0.29, 0.717) is 11.3 Å². The van der Waals surface area contributed by atoms with Gasteiger partial charge in [-0.25, -0.2) is 9.18 Å². The fraction of sp³-hybridized carbons (Fsp3) is 0.167. The highest BCUT2D eigenvalue weighted by atomic mass is 35.5. The van der Waals surface area contributed by atoms with Gasteiger partial charge in [-0.1, -0.05) is 17.7 Å². The van der Waals surface area contributed by atoms with Gasteiger partial charge in [0.1, 0.15) is 5.82 Å². The zero-order valence-electron chi connectivity index (χ0n) is 13.8. The van der Waals surface area contributed by atoms with Crippen molar-refractivity contribution >= 4 is 35.1 Å². The number of methoxy groups -OCH3 is 1. The monoisotopic (exact) mass is 379 g/mol. The largest absolute Gasteiger partial charge is 0.465 e. The average molecular weight is 380 g/mol. The molecule has 8 heteroatoms. The van der Waals surface area contributed by atoms with Crippen LogP contribution in [-0.4, -0.2) is 31.6 Å². The number of hydrogen-bond acceptors (Lipinski definition) is 5. The van der Waals surface area contributed by atoms with Crippen molar-refractivity contribution < 1.29 is 28.2 Å². The number of carbonyl (C=O) groups excluding carboxylic acids is 3. The van der Waals surface area contributed by atoms with Gasteiger partial charge in [-0.05, 0) is 36.4 Å². The quantitative estimate of drug-likeness (QED) is 0.780. The molecule has 1 amide bonds. The van der Waals surface area contributed by atoms with Crippen LogP contribution < -0.4 is 5.32 Å². The molecule has 6 nitrogen and oxygen atoms in total. The molecule has 1 N–H and O–H groups in total. The molecule has 0 fully saturated rings. The first kappa shape index (κ1) is 19.4. The summed E-state index contributed by atoms with van der Waals surface area (Å²) < 4.78 is 23.0. The Labute approximate surface area is 153 Å². The van der Waals surface area contributed by atoms with Crippen LogP contribution in [0.15, 0.2) is 42.5 Å². The number of rotatable bonds is 6. The number of esters is 2. The van der Waals surface area contributed by atoms with Crippen LogP contribution in [0.3, 0.4) is 0 Å². The van der Waals surface area contributed by atoms with Gasteiger partial charge in [0.25, 0.3) is 5.91 Å². The van der Waals surface area contributed by atoms with Crippen LogP contribution in [0.5, 0.6) is 0 Å². The molecule has 0 radical (unpaired) electrons. The normalized spacial score (nSPS) is 10.1. The summed E-state index contributed by atoms with van der Waals surface area (Å²) in [5.74, 6) is -2.48. The number of anilines is 1. The molecular weight excluding hydrogens is 365 g/mol. The predicted octanol–water partition coefficient (Wildman–Crippen LogP) is 2.99. The van der Waals surface area contributed by atoms with Crippen molar-refractivity contribution in [2.24, 2.45) is 0 Å². The molecule has 0 atom stereocenters. The third kappa shape index (κ3) is 5.29. The zero-order chi connectivity index (χ0) is 19.1. The Bertz CT molecular complexity index is 803. The number of ether oxygens (including phenoxy) is 2. The highest BCUT2D eigenvalue weighted by Gasteiger charge is 2.14. The minimum Gasteiger partial charge on any atom is -0.465 e. The average Bonchev–Trinajstić information content (AvgIpc) is 2.63. The number of carbonyl (C=O) groups is 3. The van der Waals surface area contributed by atoms with E-state index in [9.17, 15) is 18.8 Å². The lowest BCUT2D eigenvalue weighted by Gasteiger charge is -2.08. The first-order chi connectivity index (χ1) is 12.4. The SMILES string of the molecule is COC(=O)c1ccc(NC(=O)COC(=O)Cc2c(F)cccc2Cl)cc1. The van der Waals surface area contributed by atoms with Gasteiger partial charge in [-0.15, -0.1) is 0 Å². The Hall–Kier alpha value is -2.93. The third-order valence-corrected chi connectivity index (χ3v) is 3.69. The molecule has 0 heterocycles. The molecule has 0 spiro atoms. The third-order valence-electron chi connectivity index (χ3n) is 3.34.